The summed E-state index contributed by atoms with van der Waals surface area (Å²) in [6.45, 7) is 3.49. The summed E-state index contributed by atoms with van der Waals surface area (Å²) in [7, 11) is 3.71. The Morgan fingerprint density at radius 3 is 2.80 bits per heavy atom. The predicted octanol–water partition coefficient (Wildman–Crippen LogP) is 2.05. The molecule has 20 heavy (non-hydrogen) atoms. The fourth-order valence-corrected chi connectivity index (χ4v) is 2.44. The Balaban J connectivity index is 2.36. The van der Waals surface area contributed by atoms with Crippen molar-refractivity contribution in [1.29, 1.82) is 0 Å². The second-order valence-corrected chi connectivity index (χ2v) is 4.64. The van der Waals surface area contributed by atoms with Crippen LogP contribution in [0.15, 0.2) is 36.8 Å². The zero-order valence-corrected chi connectivity index (χ0v) is 12.3. The average molecular weight is 274 g/mol. The van der Waals surface area contributed by atoms with E-state index in [0.29, 0.717) is 6.54 Å². The van der Waals surface area contributed by atoms with Crippen molar-refractivity contribution in [3.05, 3.63) is 42.5 Å². The quantitative estimate of drug-likeness (QED) is 0.876. The minimum atomic E-state index is 0.0637. The summed E-state index contributed by atoms with van der Waals surface area (Å²) in [4.78, 5) is 6.37. The van der Waals surface area contributed by atoms with E-state index in [2.05, 4.69) is 21.4 Å². The molecule has 0 aliphatic heterocycles. The van der Waals surface area contributed by atoms with E-state index >= 15 is 0 Å². The van der Waals surface area contributed by atoms with E-state index < -0.39 is 0 Å². The van der Waals surface area contributed by atoms with Crippen LogP contribution < -0.4 is 15.4 Å². The number of rotatable bonds is 6. The second kappa shape index (κ2) is 6.43. The Labute approximate surface area is 120 Å². The fourth-order valence-electron chi connectivity index (χ4n) is 2.44. The minimum absolute atomic E-state index is 0.0637. The van der Waals surface area contributed by atoms with E-state index in [-0.39, 0.29) is 6.04 Å². The van der Waals surface area contributed by atoms with Gasteiger partial charge in [0.25, 0.3) is 0 Å². The van der Waals surface area contributed by atoms with Gasteiger partial charge in [-0.1, -0.05) is 12.1 Å². The predicted molar refractivity (Wildman–Crippen MR) is 81.1 cm³/mol. The average Bonchev–Trinajstić information content (AvgIpc) is 2.96. The second-order valence-electron chi connectivity index (χ2n) is 4.64. The number of hydrogen-bond donors (Lipinski definition) is 1. The van der Waals surface area contributed by atoms with Gasteiger partial charge in [-0.15, -0.1) is 0 Å². The number of aromatic nitrogens is 2. The molecule has 0 spiro atoms. The topological polar surface area (TPSA) is 56.3 Å². The lowest BCUT2D eigenvalue weighted by Crippen LogP contribution is -2.32. The van der Waals surface area contributed by atoms with Gasteiger partial charge >= 0.3 is 0 Å². The van der Waals surface area contributed by atoms with Crippen molar-refractivity contribution in [1.82, 2.24) is 9.55 Å². The number of imidazole rings is 1. The van der Waals surface area contributed by atoms with Crippen molar-refractivity contribution < 1.29 is 4.74 Å². The summed E-state index contributed by atoms with van der Waals surface area (Å²) < 4.78 is 7.54. The molecule has 1 aromatic heterocycles. The zero-order chi connectivity index (χ0) is 14.5. The maximum Gasteiger partial charge on any atom is 0.142 e. The molecule has 0 aliphatic carbocycles. The number of benzene rings is 1. The van der Waals surface area contributed by atoms with Crippen LogP contribution in [-0.4, -0.2) is 30.3 Å². The first-order valence-corrected chi connectivity index (χ1v) is 6.78. The zero-order valence-electron chi connectivity index (χ0n) is 12.3. The first-order valence-electron chi connectivity index (χ1n) is 6.78. The molecule has 1 atom stereocenters. The van der Waals surface area contributed by atoms with Crippen LogP contribution in [0.1, 0.15) is 18.7 Å². The highest BCUT2D eigenvalue weighted by Gasteiger charge is 2.21. The molecular weight excluding hydrogens is 252 g/mol. The largest absolute Gasteiger partial charge is 0.495 e. The molecule has 5 nitrogen and oxygen atoms in total. The number of para-hydroxylation sites is 2. The van der Waals surface area contributed by atoms with Crippen LogP contribution >= 0.6 is 0 Å². The molecule has 0 bridgehead atoms. The smallest absolute Gasteiger partial charge is 0.142 e. The number of nitrogens with zero attached hydrogens (tertiary/aromatic N) is 3. The molecule has 0 saturated heterocycles. The number of aryl methyl sites for hydroxylation is 1. The highest BCUT2D eigenvalue weighted by Crippen LogP contribution is 2.32. The number of hydrogen-bond acceptors (Lipinski definition) is 4. The standard InChI is InChI=1S/C15H22N4O/c1-4-19-11-17-10-14(19)13(9-16)18(2)12-7-5-6-8-15(12)20-3/h5-8,10-11,13H,4,9,16H2,1-3H3. The van der Waals surface area contributed by atoms with E-state index in [0.717, 1.165) is 23.7 Å². The minimum Gasteiger partial charge on any atom is -0.495 e. The van der Waals surface area contributed by atoms with E-state index in [1.165, 1.54) is 0 Å². The Hall–Kier alpha value is -2.01. The van der Waals surface area contributed by atoms with Crippen LogP contribution in [-0.2, 0) is 6.54 Å². The molecule has 0 saturated carbocycles. The van der Waals surface area contributed by atoms with Gasteiger partial charge in [0.1, 0.15) is 5.75 Å². The van der Waals surface area contributed by atoms with Crippen molar-refractivity contribution in [2.75, 3.05) is 25.6 Å². The number of likely N-dealkylation sites (N-methyl/N-ethyl adjacent to an activating group) is 1. The molecule has 2 N–H and O–H groups in total. The first kappa shape index (κ1) is 14.4. The lowest BCUT2D eigenvalue weighted by molar-refractivity contribution is 0.413. The van der Waals surface area contributed by atoms with Gasteiger partial charge in [0.2, 0.25) is 0 Å². The Morgan fingerprint density at radius 2 is 2.15 bits per heavy atom. The van der Waals surface area contributed by atoms with Gasteiger partial charge in [-0.05, 0) is 19.1 Å². The molecule has 1 unspecified atom stereocenters. The lowest BCUT2D eigenvalue weighted by atomic mass is 10.1. The number of ether oxygens (including phenoxy) is 1. The van der Waals surface area contributed by atoms with Crippen LogP contribution in [0.25, 0.3) is 0 Å². The first-order chi connectivity index (χ1) is 9.72. The van der Waals surface area contributed by atoms with Crippen LogP contribution in [0.3, 0.4) is 0 Å². The van der Waals surface area contributed by atoms with Gasteiger partial charge in [-0.25, -0.2) is 4.98 Å². The number of methoxy groups -OCH3 is 1. The maximum atomic E-state index is 5.99. The monoisotopic (exact) mass is 274 g/mol. The van der Waals surface area contributed by atoms with Crippen molar-refractivity contribution >= 4 is 5.69 Å². The normalized spacial score (nSPS) is 12.2. The molecule has 5 heteroatoms. The number of nitrogens with two attached hydrogens (primary N) is 1. The third-order valence-electron chi connectivity index (χ3n) is 3.58. The molecule has 0 radical (unpaired) electrons. The van der Waals surface area contributed by atoms with E-state index in [9.17, 15) is 0 Å². The highest BCUT2D eigenvalue weighted by atomic mass is 16.5. The fraction of sp³-hybridized carbons (Fsp3) is 0.400. The Morgan fingerprint density at radius 1 is 1.40 bits per heavy atom. The summed E-state index contributed by atoms with van der Waals surface area (Å²) in [5.74, 6) is 0.844. The summed E-state index contributed by atoms with van der Waals surface area (Å²) >= 11 is 0. The van der Waals surface area contributed by atoms with Crippen molar-refractivity contribution in [3.8, 4) is 5.75 Å². The van der Waals surface area contributed by atoms with E-state index in [4.69, 9.17) is 10.5 Å². The van der Waals surface area contributed by atoms with Crippen molar-refractivity contribution in [2.24, 2.45) is 5.73 Å². The molecule has 1 heterocycles. The molecule has 0 amide bonds. The molecule has 2 aromatic rings. The van der Waals surface area contributed by atoms with Crippen LogP contribution in [0.5, 0.6) is 5.75 Å². The highest BCUT2D eigenvalue weighted by molar-refractivity contribution is 5.59. The van der Waals surface area contributed by atoms with Gasteiger partial charge < -0.3 is 19.9 Å². The summed E-state index contributed by atoms with van der Waals surface area (Å²) in [5, 5.41) is 0. The van der Waals surface area contributed by atoms with E-state index in [1.54, 1.807) is 7.11 Å². The lowest BCUT2D eigenvalue weighted by Gasteiger charge is -2.30. The van der Waals surface area contributed by atoms with E-state index in [1.807, 2.05) is 43.8 Å². The third-order valence-corrected chi connectivity index (χ3v) is 3.58. The Bertz CT molecular complexity index is 552. The molecule has 1 aromatic carbocycles. The third kappa shape index (κ3) is 2.63. The van der Waals surface area contributed by atoms with Gasteiger partial charge in [0, 0.05) is 20.1 Å². The van der Waals surface area contributed by atoms with Gasteiger partial charge in [-0.2, -0.15) is 0 Å². The SMILES string of the molecule is CCn1cncc1C(CN)N(C)c1ccccc1OC. The molecular formula is C15H22N4O. The summed E-state index contributed by atoms with van der Waals surface area (Å²) in [6, 6.07) is 8.02. The number of anilines is 1. The molecule has 108 valence electrons. The summed E-state index contributed by atoms with van der Waals surface area (Å²) in [6.07, 6.45) is 3.72. The molecule has 0 fully saturated rings. The molecule has 2 rings (SSSR count). The van der Waals surface area contributed by atoms with Crippen molar-refractivity contribution in [3.63, 3.8) is 0 Å². The van der Waals surface area contributed by atoms with Gasteiger partial charge in [0.05, 0.1) is 37.1 Å². The maximum absolute atomic E-state index is 5.99. The van der Waals surface area contributed by atoms with Gasteiger partial charge in [-0.3, -0.25) is 0 Å². The van der Waals surface area contributed by atoms with Crippen LogP contribution in [0, 0.1) is 0 Å². The molecule has 0 aliphatic rings. The Kier molecular flexibility index (Phi) is 4.63. The van der Waals surface area contributed by atoms with Crippen LogP contribution in [0.2, 0.25) is 0 Å². The van der Waals surface area contributed by atoms with Crippen LogP contribution in [0.4, 0.5) is 5.69 Å². The van der Waals surface area contributed by atoms with Gasteiger partial charge in [0.15, 0.2) is 0 Å². The van der Waals surface area contributed by atoms with Crippen molar-refractivity contribution in [2.45, 2.75) is 19.5 Å². The summed E-state index contributed by atoms with van der Waals surface area (Å²) in [5.41, 5.74) is 8.13.